The third kappa shape index (κ3) is 3.75. The van der Waals surface area contributed by atoms with Crippen LogP contribution in [0.4, 0.5) is 0 Å². The normalized spacial score (nSPS) is 19.3. The lowest BCUT2D eigenvalue weighted by Crippen LogP contribution is -2.54. The van der Waals surface area contributed by atoms with E-state index in [1.165, 1.54) is 0 Å². The largest absolute Gasteiger partial charge is 0.497 e. The van der Waals surface area contributed by atoms with Crippen molar-refractivity contribution in [2.45, 2.75) is 12.6 Å². The van der Waals surface area contributed by atoms with E-state index in [4.69, 9.17) is 4.74 Å². The van der Waals surface area contributed by atoms with Gasteiger partial charge in [-0.25, -0.2) is 4.98 Å². The first-order chi connectivity index (χ1) is 11.6. The predicted octanol–water partition coefficient (Wildman–Crippen LogP) is 2.02. The number of thiazole rings is 1. The van der Waals surface area contributed by atoms with Crippen LogP contribution in [0.15, 0.2) is 30.5 Å². The number of methoxy groups -OCH3 is 1. The summed E-state index contributed by atoms with van der Waals surface area (Å²) in [4.78, 5) is 21.0. The Kier molecular flexibility index (Phi) is 5.13. The molecule has 1 unspecified atom stereocenters. The van der Waals surface area contributed by atoms with Gasteiger partial charge in [-0.2, -0.15) is 0 Å². The van der Waals surface area contributed by atoms with Gasteiger partial charge < -0.3 is 9.84 Å². The number of aliphatic carboxylic acids is 1. The number of carboxylic acid groups (broad SMARTS) is 1. The number of carboxylic acids is 1. The van der Waals surface area contributed by atoms with Gasteiger partial charge in [0.25, 0.3) is 0 Å². The lowest BCUT2D eigenvalue weighted by atomic mass is 10.2. The van der Waals surface area contributed by atoms with Crippen LogP contribution in [0.2, 0.25) is 0 Å². The molecule has 0 radical (unpaired) electrons. The molecule has 1 aliphatic heterocycles. The lowest BCUT2D eigenvalue weighted by Gasteiger charge is -2.36. The first kappa shape index (κ1) is 16.9. The summed E-state index contributed by atoms with van der Waals surface area (Å²) < 4.78 is 5.26. The Balaban J connectivity index is 1.69. The molecule has 0 saturated carbocycles. The molecule has 0 amide bonds. The number of benzene rings is 1. The Labute approximate surface area is 145 Å². The molecule has 7 heteroatoms. The summed E-state index contributed by atoms with van der Waals surface area (Å²) in [5, 5.41) is 10.3. The van der Waals surface area contributed by atoms with Crippen molar-refractivity contribution in [3.05, 3.63) is 35.3 Å². The van der Waals surface area contributed by atoms with Crippen molar-refractivity contribution < 1.29 is 14.6 Å². The molecule has 0 aliphatic carbocycles. The Morgan fingerprint density at radius 3 is 3.04 bits per heavy atom. The summed E-state index contributed by atoms with van der Waals surface area (Å²) in [6, 6.07) is 7.41. The number of ether oxygens (including phenoxy) is 1. The van der Waals surface area contributed by atoms with Gasteiger partial charge in [0.2, 0.25) is 0 Å². The number of hydrogen-bond acceptors (Lipinski definition) is 6. The van der Waals surface area contributed by atoms with Gasteiger partial charge in [0.1, 0.15) is 16.8 Å². The molecular weight excluding hydrogens is 326 g/mol. The standard InChI is InChI=1S/C17H21N3O3S/c1-19-6-7-20(11-15(19)17(21)22)10-14-9-18-16(24-14)12-4-3-5-13(8-12)23-2/h3-5,8-9,15H,6-7,10-11H2,1-2H3,(H,21,22). The van der Waals surface area contributed by atoms with Crippen LogP contribution < -0.4 is 4.74 Å². The summed E-state index contributed by atoms with van der Waals surface area (Å²) in [6.45, 7) is 2.91. The van der Waals surface area contributed by atoms with Crippen LogP contribution in [0.1, 0.15) is 4.88 Å². The zero-order valence-electron chi connectivity index (χ0n) is 13.8. The smallest absolute Gasteiger partial charge is 0.322 e. The van der Waals surface area contributed by atoms with E-state index in [9.17, 15) is 9.90 Å². The average Bonchev–Trinajstić information content (AvgIpc) is 3.05. The third-order valence-electron chi connectivity index (χ3n) is 4.27. The van der Waals surface area contributed by atoms with Crippen LogP contribution in [0.25, 0.3) is 10.6 Å². The van der Waals surface area contributed by atoms with Gasteiger partial charge >= 0.3 is 5.97 Å². The summed E-state index contributed by atoms with van der Waals surface area (Å²) in [5.41, 5.74) is 1.03. The highest BCUT2D eigenvalue weighted by molar-refractivity contribution is 7.15. The quantitative estimate of drug-likeness (QED) is 0.893. The van der Waals surface area contributed by atoms with Crippen molar-refractivity contribution in [1.82, 2.24) is 14.8 Å². The van der Waals surface area contributed by atoms with E-state index in [2.05, 4.69) is 9.88 Å². The first-order valence-corrected chi connectivity index (χ1v) is 8.63. The second-order valence-electron chi connectivity index (χ2n) is 5.93. The molecule has 1 aliphatic rings. The maximum Gasteiger partial charge on any atom is 0.322 e. The van der Waals surface area contributed by atoms with Crippen molar-refractivity contribution in [3.8, 4) is 16.3 Å². The molecule has 2 heterocycles. The van der Waals surface area contributed by atoms with Crippen molar-refractivity contribution >= 4 is 17.3 Å². The second kappa shape index (κ2) is 7.29. The maximum absolute atomic E-state index is 11.3. The lowest BCUT2D eigenvalue weighted by molar-refractivity contribution is -0.145. The third-order valence-corrected chi connectivity index (χ3v) is 5.30. The number of hydrogen-bond donors (Lipinski definition) is 1. The molecule has 1 N–H and O–H groups in total. The van der Waals surface area contributed by atoms with Crippen LogP contribution >= 0.6 is 11.3 Å². The molecule has 6 nitrogen and oxygen atoms in total. The highest BCUT2D eigenvalue weighted by atomic mass is 32.1. The minimum atomic E-state index is -0.761. The Hall–Kier alpha value is -1.96. The molecule has 2 aromatic rings. The summed E-state index contributed by atoms with van der Waals surface area (Å²) in [7, 11) is 3.52. The molecule has 0 bridgehead atoms. The van der Waals surface area contributed by atoms with E-state index < -0.39 is 12.0 Å². The highest BCUT2D eigenvalue weighted by Gasteiger charge is 2.29. The molecule has 128 valence electrons. The van der Waals surface area contributed by atoms with Crippen LogP contribution in [-0.2, 0) is 11.3 Å². The molecule has 1 saturated heterocycles. The summed E-state index contributed by atoms with van der Waals surface area (Å²) in [6.07, 6.45) is 1.88. The number of carbonyl (C=O) groups is 1. The van der Waals surface area contributed by atoms with Gasteiger partial charge in [-0.05, 0) is 19.2 Å². The van der Waals surface area contributed by atoms with Crippen LogP contribution in [-0.4, -0.2) is 65.7 Å². The van der Waals surface area contributed by atoms with E-state index in [1.54, 1.807) is 18.4 Å². The molecule has 3 rings (SSSR count). The first-order valence-electron chi connectivity index (χ1n) is 7.81. The predicted molar refractivity (Wildman–Crippen MR) is 93.4 cm³/mol. The minimum absolute atomic E-state index is 0.440. The van der Waals surface area contributed by atoms with E-state index in [-0.39, 0.29) is 0 Å². The van der Waals surface area contributed by atoms with Gasteiger partial charge in [0, 0.05) is 42.8 Å². The summed E-state index contributed by atoms with van der Waals surface area (Å²) in [5.74, 6) is 0.0520. The fraction of sp³-hybridized carbons (Fsp3) is 0.412. The van der Waals surface area contributed by atoms with Crippen molar-refractivity contribution in [3.63, 3.8) is 0 Å². The number of aromatic nitrogens is 1. The molecule has 1 aromatic carbocycles. The Morgan fingerprint density at radius 1 is 1.46 bits per heavy atom. The number of likely N-dealkylation sites (N-methyl/N-ethyl adjacent to an activating group) is 1. The highest BCUT2D eigenvalue weighted by Crippen LogP contribution is 2.28. The molecule has 1 aromatic heterocycles. The zero-order chi connectivity index (χ0) is 17.1. The molecule has 24 heavy (non-hydrogen) atoms. The van der Waals surface area contributed by atoms with E-state index in [0.29, 0.717) is 6.54 Å². The zero-order valence-corrected chi connectivity index (χ0v) is 14.6. The molecule has 1 atom stereocenters. The molecule has 1 fully saturated rings. The monoisotopic (exact) mass is 347 g/mol. The van der Waals surface area contributed by atoms with E-state index in [0.717, 1.165) is 40.8 Å². The average molecular weight is 347 g/mol. The van der Waals surface area contributed by atoms with E-state index in [1.807, 2.05) is 42.4 Å². The SMILES string of the molecule is COc1cccc(-c2ncc(CN3CCN(C)C(C(=O)O)C3)s2)c1. The maximum atomic E-state index is 11.3. The number of rotatable bonds is 5. The van der Waals surface area contributed by atoms with Crippen molar-refractivity contribution in [2.24, 2.45) is 0 Å². The fourth-order valence-electron chi connectivity index (χ4n) is 2.83. The Bertz CT molecular complexity index is 719. The number of nitrogens with zero attached hydrogens (tertiary/aromatic N) is 3. The van der Waals surface area contributed by atoms with E-state index >= 15 is 0 Å². The van der Waals surface area contributed by atoms with Crippen molar-refractivity contribution in [2.75, 3.05) is 33.8 Å². The summed E-state index contributed by atoms with van der Waals surface area (Å²) >= 11 is 1.64. The van der Waals surface area contributed by atoms with Gasteiger partial charge in [0.15, 0.2) is 0 Å². The van der Waals surface area contributed by atoms with Gasteiger partial charge in [0.05, 0.1) is 7.11 Å². The van der Waals surface area contributed by atoms with Gasteiger partial charge in [-0.15, -0.1) is 11.3 Å². The van der Waals surface area contributed by atoms with Gasteiger partial charge in [-0.3, -0.25) is 14.6 Å². The van der Waals surface area contributed by atoms with Crippen LogP contribution in [0, 0.1) is 0 Å². The van der Waals surface area contributed by atoms with Crippen molar-refractivity contribution in [1.29, 1.82) is 0 Å². The molecule has 0 spiro atoms. The van der Waals surface area contributed by atoms with Gasteiger partial charge in [-0.1, -0.05) is 12.1 Å². The minimum Gasteiger partial charge on any atom is -0.497 e. The second-order valence-corrected chi connectivity index (χ2v) is 7.05. The van der Waals surface area contributed by atoms with Crippen LogP contribution in [0.5, 0.6) is 5.75 Å². The molecular formula is C17H21N3O3S. The topological polar surface area (TPSA) is 65.9 Å². The number of piperazine rings is 1. The van der Waals surface area contributed by atoms with Crippen LogP contribution in [0.3, 0.4) is 0 Å². The Morgan fingerprint density at radius 2 is 2.29 bits per heavy atom. The fourth-order valence-corrected chi connectivity index (χ4v) is 3.78.